The second kappa shape index (κ2) is 14.7. The van der Waals surface area contributed by atoms with Crippen LogP contribution in [-0.4, -0.2) is 15.9 Å². The number of ketones is 1. The van der Waals surface area contributed by atoms with Crippen molar-refractivity contribution < 1.29 is 30.0 Å². The summed E-state index contributed by atoms with van der Waals surface area (Å²) in [4.78, 5) is 17.2. The third kappa shape index (κ3) is 7.59. The second-order valence-electron chi connectivity index (χ2n) is 13.5. The number of benzene rings is 3. The summed E-state index contributed by atoms with van der Waals surface area (Å²) in [6.07, 6.45) is 4.75. The number of hydrogen-bond acceptors (Lipinski definition) is 4. The molecule has 0 bridgehead atoms. The Kier molecular flexibility index (Phi) is 12.0. The molecule has 0 aliphatic rings. The van der Waals surface area contributed by atoms with Crippen molar-refractivity contribution in [3.8, 4) is 11.3 Å². The number of fused-ring (bicyclic) bond motifs is 4. The summed E-state index contributed by atoms with van der Waals surface area (Å²) < 4.78 is 1.30. The molecule has 0 saturated carbocycles. The third-order valence-electron chi connectivity index (χ3n) is 9.74. The molecule has 0 amide bonds. The smallest absolute Gasteiger partial charge is 0.164 e. The van der Waals surface area contributed by atoms with Gasteiger partial charge in [0.05, 0.1) is 5.52 Å². The summed E-state index contributed by atoms with van der Waals surface area (Å²) in [6, 6.07) is 25.1. The molecule has 0 spiro atoms. The first-order chi connectivity index (χ1) is 20.8. The van der Waals surface area contributed by atoms with Crippen molar-refractivity contribution in [2.24, 2.45) is 10.8 Å². The Bertz CT molecular complexity index is 1800. The normalized spacial score (nSPS) is 12.6. The van der Waals surface area contributed by atoms with Crippen LogP contribution in [0.5, 0.6) is 0 Å². The van der Waals surface area contributed by atoms with E-state index < -0.39 is 0 Å². The van der Waals surface area contributed by atoms with Gasteiger partial charge < -0.3 is 5.11 Å². The molecule has 0 saturated heterocycles. The maximum Gasteiger partial charge on any atom is 0.164 e. The van der Waals surface area contributed by atoms with Gasteiger partial charge in [0.25, 0.3) is 0 Å². The van der Waals surface area contributed by atoms with Crippen LogP contribution >= 0.6 is 11.3 Å². The van der Waals surface area contributed by atoms with E-state index in [4.69, 9.17) is 4.98 Å². The fourth-order valence-corrected chi connectivity index (χ4v) is 6.45. The van der Waals surface area contributed by atoms with Crippen LogP contribution in [-0.2, 0) is 30.3 Å². The van der Waals surface area contributed by atoms with E-state index in [1.54, 1.807) is 11.3 Å². The predicted octanol–water partition coefficient (Wildman–Crippen LogP) is 12.0. The van der Waals surface area contributed by atoms with Crippen LogP contribution in [0.1, 0.15) is 93.6 Å². The zero-order valence-corrected chi connectivity index (χ0v) is 31.5. The van der Waals surface area contributed by atoms with Crippen LogP contribution in [0.3, 0.4) is 0 Å². The van der Waals surface area contributed by atoms with Crippen LogP contribution in [0, 0.1) is 16.9 Å². The largest absolute Gasteiger partial charge is 0.512 e. The molecule has 0 aliphatic carbocycles. The summed E-state index contributed by atoms with van der Waals surface area (Å²) in [5.41, 5.74) is 3.93. The van der Waals surface area contributed by atoms with Crippen molar-refractivity contribution in [1.82, 2.24) is 4.98 Å². The first-order valence-corrected chi connectivity index (χ1v) is 16.9. The van der Waals surface area contributed by atoms with Crippen LogP contribution in [0.15, 0.2) is 77.9 Å². The van der Waals surface area contributed by atoms with Crippen molar-refractivity contribution in [3.63, 3.8) is 0 Å². The summed E-state index contributed by atoms with van der Waals surface area (Å²) in [5, 5.41) is 17.2. The number of nitrogens with zero attached hydrogens (tertiary/aromatic N) is 1. The van der Waals surface area contributed by atoms with Gasteiger partial charge in [0.1, 0.15) is 5.76 Å². The summed E-state index contributed by atoms with van der Waals surface area (Å²) in [6.45, 7) is 18.9. The summed E-state index contributed by atoms with van der Waals surface area (Å²) in [7, 11) is 0. The molecule has 3 nitrogen and oxygen atoms in total. The van der Waals surface area contributed by atoms with E-state index in [1.807, 2.05) is 41.5 Å². The number of pyridine rings is 1. The van der Waals surface area contributed by atoms with E-state index in [2.05, 4.69) is 92.9 Å². The van der Waals surface area contributed by atoms with E-state index >= 15 is 0 Å². The first-order valence-electron chi connectivity index (χ1n) is 16.0. The standard InChI is InChI=1S/C25H20NS.C15H28O2.Ir/c1-25(2,3)21-15-17(14-16-8-4-5-9-18(16)21)23-20-12-13-27-24(20)19-10-6-7-11-22(19)26-23;1-7-14(5,8-2)12(16)11-13(17)15(6,9-3)10-4;/h4-13,15H,1-3H3;11,16H,7-10H2,1-6H3;/q-1;;/b;12-11-;. The molecule has 2 aromatic heterocycles. The molecule has 1 radical (unpaired) electrons. The number of hydrogen-bond donors (Lipinski definition) is 1. The van der Waals surface area contributed by atoms with Gasteiger partial charge in [-0.15, -0.1) is 40.5 Å². The molecular formula is C40H48IrNO2S-. The van der Waals surface area contributed by atoms with Crippen LogP contribution < -0.4 is 0 Å². The number of rotatable bonds is 8. The van der Waals surface area contributed by atoms with Crippen molar-refractivity contribution in [3.05, 3.63) is 89.5 Å². The van der Waals surface area contributed by atoms with E-state index in [1.165, 1.54) is 32.5 Å². The third-order valence-corrected chi connectivity index (χ3v) is 10.7. The van der Waals surface area contributed by atoms with Gasteiger partial charge in [0.2, 0.25) is 0 Å². The Hall–Kier alpha value is -2.85. The minimum Gasteiger partial charge on any atom is -0.512 e. The fourth-order valence-electron chi connectivity index (χ4n) is 5.52. The SMILES string of the molecule is CC(C)(C)c1cc(-c2nc3ccccc3c3sccc23)[c-]c2ccccc12.CCC(C)(CC)C(=O)/C=C(\O)C(C)(CC)CC.[Ir]. The second-order valence-corrected chi connectivity index (χ2v) is 14.4. The number of allylic oxidation sites excluding steroid dienone is 2. The molecule has 241 valence electrons. The molecule has 5 heteroatoms. The number of aliphatic hydroxyl groups is 1. The van der Waals surface area contributed by atoms with Crippen LogP contribution in [0.25, 0.3) is 43.0 Å². The van der Waals surface area contributed by atoms with Crippen molar-refractivity contribution in [2.75, 3.05) is 0 Å². The Balaban J connectivity index is 0.000000270. The molecule has 0 atom stereocenters. The monoisotopic (exact) mass is 799 g/mol. The average molecular weight is 799 g/mol. The zero-order chi connectivity index (χ0) is 32.3. The van der Waals surface area contributed by atoms with Gasteiger partial charge in [-0.05, 0) is 54.0 Å². The van der Waals surface area contributed by atoms with Gasteiger partial charge in [-0.25, -0.2) is 0 Å². The van der Waals surface area contributed by atoms with E-state index in [0.717, 1.165) is 47.8 Å². The topological polar surface area (TPSA) is 50.2 Å². The Morgan fingerprint density at radius 3 is 2.00 bits per heavy atom. The van der Waals surface area contributed by atoms with E-state index in [0.29, 0.717) is 0 Å². The number of para-hydroxylation sites is 1. The molecule has 0 aliphatic heterocycles. The average Bonchev–Trinajstić information content (AvgIpc) is 3.53. The quantitative estimate of drug-likeness (QED) is 0.0966. The molecule has 5 aromatic rings. The molecular weight excluding hydrogens is 751 g/mol. The van der Waals surface area contributed by atoms with E-state index in [-0.39, 0.29) is 47.9 Å². The fraction of sp³-hybridized carbons (Fsp3) is 0.400. The van der Waals surface area contributed by atoms with Crippen LogP contribution in [0.2, 0.25) is 0 Å². The molecule has 45 heavy (non-hydrogen) atoms. The minimum absolute atomic E-state index is 0. The van der Waals surface area contributed by atoms with Crippen LogP contribution in [0.4, 0.5) is 0 Å². The van der Waals surface area contributed by atoms with Crippen molar-refractivity contribution in [2.45, 2.75) is 93.4 Å². The summed E-state index contributed by atoms with van der Waals surface area (Å²) >= 11 is 1.79. The summed E-state index contributed by atoms with van der Waals surface area (Å²) in [5.74, 6) is 0.286. The predicted molar refractivity (Wildman–Crippen MR) is 191 cm³/mol. The first kappa shape index (κ1) is 36.6. The van der Waals surface area contributed by atoms with Crippen molar-refractivity contribution in [1.29, 1.82) is 0 Å². The van der Waals surface area contributed by atoms with E-state index in [9.17, 15) is 9.90 Å². The number of aromatic nitrogens is 1. The zero-order valence-electron chi connectivity index (χ0n) is 28.3. The van der Waals surface area contributed by atoms with Gasteiger partial charge in [0.15, 0.2) is 5.78 Å². The number of carbonyl (C=O) groups is 1. The van der Waals surface area contributed by atoms with Gasteiger partial charge in [0, 0.05) is 52.8 Å². The maximum absolute atomic E-state index is 12.2. The number of thiophene rings is 1. The number of aliphatic hydroxyl groups excluding tert-OH is 1. The van der Waals surface area contributed by atoms with Gasteiger partial charge >= 0.3 is 0 Å². The Labute approximate surface area is 287 Å². The number of carbonyl (C=O) groups excluding carboxylic acids is 1. The maximum atomic E-state index is 12.2. The minimum atomic E-state index is -0.337. The molecule has 2 heterocycles. The molecule has 1 N–H and O–H groups in total. The van der Waals surface area contributed by atoms with Gasteiger partial charge in [-0.1, -0.05) is 110 Å². The van der Waals surface area contributed by atoms with Gasteiger partial charge in [-0.2, -0.15) is 0 Å². The van der Waals surface area contributed by atoms with Crippen molar-refractivity contribution >= 4 is 48.9 Å². The molecule has 3 aromatic carbocycles. The molecule has 5 rings (SSSR count). The molecule has 0 fully saturated rings. The Morgan fingerprint density at radius 2 is 1.40 bits per heavy atom. The Morgan fingerprint density at radius 1 is 0.822 bits per heavy atom. The van der Waals surface area contributed by atoms with Gasteiger partial charge in [-0.3, -0.25) is 9.78 Å². The molecule has 0 unspecified atom stereocenters.